The van der Waals surface area contributed by atoms with Gasteiger partial charge in [-0.25, -0.2) is 14.8 Å². The number of rotatable bonds is 3. The van der Waals surface area contributed by atoms with Gasteiger partial charge in [0.2, 0.25) is 5.91 Å². The number of carbonyl (C=O) groups is 1. The van der Waals surface area contributed by atoms with Gasteiger partial charge in [-0.15, -0.1) is 0 Å². The summed E-state index contributed by atoms with van der Waals surface area (Å²) >= 11 is 1.37. The summed E-state index contributed by atoms with van der Waals surface area (Å²) in [6.45, 7) is -0.111. The van der Waals surface area contributed by atoms with Crippen molar-refractivity contribution in [1.82, 2.24) is 23.7 Å². The molecule has 1 amide bonds. The van der Waals surface area contributed by atoms with Gasteiger partial charge in [0.1, 0.15) is 6.54 Å². The van der Waals surface area contributed by atoms with Crippen LogP contribution in [0.1, 0.15) is 0 Å². The molecule has 3 heterocycles. The smallest absolute Gasteiger partial charge is 0.315 e. The molecule has 0 atom stereocenters. The first-order valence-corrected chi connectivity index (χ1v) is 8.53. The van der Waals surface area contributed by atoms with Gasteiger partial charge in [0.25, 0.3) is 5.56 Å². The van der Waals surface area contributed by atoms with Crippen molar-refractivity contribution in [2.45, 2.75) is 6.54 Å². The van der Waals surface area contributed by atoms with Gasteiger partial charge in [-0.2, -0.15) is 0 Å². The summed E-state index contributed by atoms with van der Waals surface area (Å²) in [5.41, 5.74) is 0.296. The zero-order valence-corrected chi connectivity index (χ0v) is 14.8. The van der Waals surface area contributed by atoms with E-state index in [1.54, 1.807) is 0 Å². The van der Waals surface area contributed by atoms with Gasteiger partial charge < -0.3 is 9.88 Å². The predicted octanol–water partition coefficient (Wildman–Crippen LogP) is 0.682. The number of imidazole rings is 1. The Morgan fingerprint density at radius 1 is 1.19 bits per heavy atom. The number of aryl methyl sites for hydroxylation is 1. The van der Waals surface area contributed by atoms with Gasteiger partial charge in [0.15, 0.2) is 16.3 Å². The lowest BCUT2D eigenvalue weighted by Gasteiger charge is -2.06. The Balaban J connectivity index is 1.66. The van der Waals surface area contributed by atoms with E-state index in [0.717, 1.165) is 14.8 Å². The third kappa shape index (κ3) is 2.51. The van der Waals surface area contributed by atoms with Crippen LogP contribution in [0.25, 0.3) is 21.4 Å². The second kappa shape index (κ2) is 5.92. The molecular weight excluding hydrogens is 356 g/mol. The lowest BCUT2D eigenvalue weighted by molar-refractivity contribution is -0.116. The highest BCUT2D eigenvalue weighted by Gasteiger charge is 2.16. The molecule has 0 aliphatic rings. The van der Waals surface area contributed by atoms with Crippen molar-refractivity contribution in [2.75, 3.05) is 5.32 Å². The van der Waals surface area contributed by atoms with E-state index in [1.165, 1.54) is 40.9 Å². The van der Waals surface area contributed by atoms with Crippen LogP contribution in [0.15, 0.2) is 40.2 Å². The minimum absolute atomic E-state index is 0.111. The van der Waals surface area contributed by atoms with Gasteiger partial charge in [-0.3, -0.25) is 18.7 Å². The summed E-state index contributed by atoms with van der Waals surface area (Å²) in [6, 6.07) is 7.58. The predicted molar refractivity (Wildman–Crippen MR) is 98.5 cm³/mol. The number of nitrogens with one attached hydrogen (secondary N) is 1. The number of benzene rings is 1. The standard InChI is InChI=1S/C16H14N6O3S/c1-20-13-12(14(24)21(2)16(20)25)22(8-17-13)7-11(23)19-15-18-9-5-3-4-6-10(9)26-15/h3-6,8H,7H2,1-2H3,(H,18,19,23). The summed E-state index contributed by atoms with van der Waals surface area (Å²) in [5, 5.41) is 3.22. The molecule has 4 aromatic rings. The monoisotopic (exact) mass is 370 g/mol. The van der Waals surface area contributed by atoms with Crippen LogP contribution in [0.5, 0.6) is 0 Å². The van der Waals surface area contributed by atoms with E-state index in [2.05, 4.69) is 15.3 Å². The fourth-order valence-electron chi connectivity index (χ4n) is 2.76. The Morgan fingerprint density at radius 2 is 1.96 bits per heavy atom. The first-order valence-electron chi connectivity index (χ1n) is 7.72. The molecule has 0 bridgehead atoms. The van der Waals surface area contributed by atoms with Gasteiger partial charge in [-0.05, 0) is 12.1 Å². The van der Waals surface area contributed by atoms with Crippen LogP contribution in [-0.2, 0) is 25.4 Å². The molecule has 0 saturated heterocycles. The Hall–Kier alpha value is -3.27. The number of amides is 1. The molecule has 0 unspecified atom stereocenters. The van der Waals surface area contributed by atoms with Crippen LogP contribution < -0.4 is 16.6 Å². The number of thiazole rings is 1. The van der Waals surface area contributed by atoms with E-state index in [4.69, 9.17) is 0 Å². The number of hydrogen-bond acceptors (Lipinski definition) is 6. The zero-order chi connectivity index (χ0) is 18.4. The van der Waals surface area contributed by atoms with Crippen molar-refractivity contribution in [3.05, 3.63) is 51.4 Å². The molecule has 0 saturated carbocycles. The molecule has 0 spiro atoms. The van der Waals surface area contributed by atoms with E-state index in [1.807, 2.05) is 24.3 Å². The Labute approximate surface area is 150 Å². The number of nitrogens with zero attached hydrogens (tertiary/aromatic N) is 5. The highest BCUT2D eigenvalue weighted by Crippen LogP contribution is 2.25. The molecule has 4 rings (SSSR count). The lowest BCUT2D eigenvalue weighted by Crippen LogP contribution is -2.37. The van der Waals surface area contributed by atoms with Gasteiger partial charge in [0, 0.05) is 14.1 Å². The number of para-hydroxylation sites is 1. The molecule has 0 fully saturated rings. The largest absolute Gasteiger partial charge is 0.332 e. The number of fused-ring (bicyclic) bond motifs is 2. The Morgan fingerprint density at radius 3 is 2.73 bits per heavy atom. The normalized spacial score (nSPS) is 11.3. The summed E-state index contributed by atoms with van der Waals surface area (Å²) in [4.78, 5) is 45.2. The van der Waals surface area contributed by atoms with Gasteiger partial charge in [0.05, 0.1) is 16.5 Å². The Kier molecular flexibility index (Phi) is 3.69. The van der Waals surface area contributed by atoms with Crippen molar-refractivity contribution in [1.29, 1.82) is 0 Å². The molecule has 3 aromatic heterocycles. The third-order valence-corrected chi connectivity index (χ3v) is 5.02. The van der Waals surface area contributed by atoms with E-state index in [0.29, 0.717) is 5.13 Å². The second-order valence-electron chi connectivity index (χ2n) is 5.79. The summed E-state index contributed by atoms with van der Waals surface area (Å²) in [7, 11) is 2.92. The highest BCUT2D eigenvalue weighted by molar-refractivity contribution is 7.22. The molecule has 26 heavy (non-hydrogen) atoms. The first-order chi connectivity index (χ1) is 12.5. The molecular formula is C16H14N6O3S. The minimum atomic E-state index is -0.492. The van der Waals surface area contributed by atoms with Crippen molar-refractivity contribution < 1.29 is 4.79 Å². The fraction of sp³-hybridized carbons (Fsp3) is 0.188. The third-order valence-electron chi connectivity index (χ3n) is 4.07. The van der Waals surface area contributed by atoms with Crippen LogP contribution in [0, 0.1) is 0 Å². The molecule has 0 radical (unpaired) electrons. The number of hydrogen-bond donors (Lipinski definition) is 1. The number of aromatic nitrogens is 5. The molecule has 1 N–H and O–H groups in total. The van der Waals surface area contributed by atoms with Gasteiger partial charge >= 0.3 is 5.69 Å². The van der Waals surface area contributed by atoms with E-state index in [9.17, 15) is 14.4 Å². The maximum absolute atomic E-state index is 12.4. The van der Waals surface area contributed by atoms with Crippen LogP contribution in [0.2, 0.25) is 0 Å². The van der Waals surface area contributed by atoms with Crippen LogP contribution in [-0.4, -0.2) is 29.6 Å². The SMILES string of the molecule is Cn1c(=O)c2c(ncn2CC(=O)Nc2nc3ccccc3s2)n(C)c1=O. The van der Waals surface area contributed by atoms with Crippen molar-refractivity contribution >= 4 is 43.8 Å². The number of anilines is 1. The van der Waals surface area contributed by atoms with Crippen LogP contribution >= 0.6 is 11.3 Å². The molecule has 1 aromatic carbocycles. The average Bonchev–Trinajstić information content (AvgIpc) is 3.21. The minimum Gasteiger partial charge on any atom is -0.315 e. The van der Waals surface area contributed by atoms with Crippen molar-refractivity contribution in [3.8, 4) is 0 Å². The lowest BCUT2D eigenvalue weighted by atomic mass is 10.3. The van der Waals surface area contributed by atoms with Crippen LogP contribution in [0.3, 0.4) is 0 Å². The van der Waals surface area contributed by atoms with Crippen LogP contribution in [0.4, 0.5) is 5.13 Å². The summed E-state index contributed by atoms with van der Waals surface area (Å²) in [6.07, 6.45) is 1.38. The topological polar surface area (TPSA) is 104 Å². The molecule has 0 aliphatic carbocycles. The van der Waals surface area contributed by atoms with E-state index < -0.39 is 11.2 Å². The van der Waals surface area contributed by atoms with E-state index in [-0.39, 0.29) is 23.6 Å². The van der Waals surface area contributed by atoms with Crippen molar-refractivity contribution in [2.24, 2.45) is 14.1 Å². The second-order valence-corrected chi connectivity index (χ2v) is 6.82. The Bertz CT molecular complexity index is 1250. The quantitative estimate of drug-likeness (QED) is 0.571. The highest BCUT2D eigenvalue weighted by atomic mass is 32.1. The molecule has 9 nitrogen and oxygen atoms in total. The number of carbonyl (C=O) groups excluding carboxylic acids is 1. The maximum atomic E-state index is 12.4. The summed E-state index contributed by atoms with van der Waals surface area (Å²) in [5.74, 6) is -0.334. The van der Waals surface area contributed by atoms with Crippen molar-refractivity contribution in [3.63, 3.8) is 0 Å². The average molecular weight is 370 g/mol. The fourth-order valence-corrected chi connectivity index (χ4v) is 3.64. The molecule has 10 heteroatoms. The maximum Gasteiger partial charge on any atom is 0.332 e. The first kappa shape index (κ1) is 16.2. The molecule has 132 valence electrons. The van der Waals surface area contributed by atoms with Gasteiger partial charge in [-0.1, -0.05) is 23.5 Å². The van der Waals surface area contributed by atoms with E-state index >= 15 is 0 Å². The molecule has 0 aliphatic heterocycles. The summed E-state index contributed by atoms with van der Waals surface area (Å²) < 4.78 is 4.67. The zero-order valence-electron chi connectivity index (χ0n) is 14.0.